The molecule has 0 bridgehead atoms. The maximum atomic E-state index is 12.8. The Hall–Kier alpha value is -2.51. The summed E-state index contributed by atoms with van der Waals surface area (Å²) in [5, 5.41) is 1.96. The molecule has 2 aliphatic rings. The van der Waals surface area contributed by atoms with Crippen molar-refractivity contribution in [2.45, 2.75) is 51.6 Å². The first kappa shape index (κ1) is 20.8. The van der Waals surface area contributed by atoms with Gasteiger partial charge in [-0.25, -0.2) is 9.69 Å². The zero-order valence-electron chi connectivity index (χ0n) is 17.5. The topological polar surface area (TPSA) is 62.1 Å². The van der Waals surface area contributed by atoms with E-state index in [1.165, 1.54) is 16.0 Å². The van der Waals surface area contributed by atoms with Crippen molar-refractivity contribution in [3.05, 3.63) is 57.8 Å². The summed E-state index contributed by atoms with van der Waals surface area (Å²) in [6.07, 6.45) is 2.76. The molecule has 4 amide bonds. The minimum atomic E-state index is -0.701. The van der Waals surface area contributed by atoms with Gasteiger partial charge in [-0.3, -0.25) is 14.5 Å². The molecule has 1 unspecified atom stereocenters. The van der Waals surface area contributed by atoms with Crippen molar-refractivity contribution in [3.8, 4) is 0 Å². The number of rotatable bonds is 9. The quantitative estimate of drug-likeness (QED) is 0.495. The highest BCUT2D eigenvalue weighted by Crippen LogP contribution is 2.19. The summed E-state index contributed by atoms with van der Waals surface area (Å²) in [7, 11) is 0. The Bertz CT molecular complexity index is 920. The van der Waals surface area contributed by atoms with Crippen LogP contribution in [0.25, 0.3) is 0 Å². The van der Waals surface area contributed by atoms with E-state index in [-0.39, 0.29) is 13.2 Å². The Morgan fingerprint density at radius 1 is 1.03 bits per heavy atom. The van der Waals surface area contributed by atoms with Gasteiger partial charge in [-0.2, -0.15) is 0 Å². The summed E-state index contributed by atoms with van der Waals surface area (Å²) >= 11 is 1.59. The third kappa shape index (κ3) is 4.47. The lowest BCUT2D eigenvalue weighted by atomic mass is 10.0. The van der Waals surface area contributed by atoms with Crippen molar-refractivity contribution in [2.24, 2.45) is 0 Å². The van der Waals surface area contributed by atoms with Gasteiger partial charge in [0.05, 0.1) is 6.04 Å². The van der Waals surface area contributed by atoms with E-state index in [0.717, 1.165) is 34.1 Å². The van der Waals surface area contributed by atoms with Gasteiger partial charge in [0.1, 0.15) is 6.54 Å². The molecule has 1 aromatic carbocycles. The van der Waals surface area contributed by atoms with Gasteiger partial charge in [0.2, 0.25) is 0 Å². The van der Waals surface area contributed by atoms with Crippen LogP contribution in [-0.4, -0.2) is 46.9 Å². The van der Waals surface area contributed by atoms with Crippen molar-refractivity contribution in [1.29, 1.82) is 0 Å². The first-order valence-electron chi connectivity index (χ1n) is 10.6. The summed E-state index contributed by atoms with van der Waals surface area (Å²) in [5.74, 6) is -0.913. The van der Waals surface area contributed by atoms with Gasteiger partial charge in [0.15, 0.2) is 6.67 Å². The van der Waals surface area contributed by atoms with Gasteiger partial charge in [-0.1, -0.05) is 44.2 Å². The molecule has 0 radical (unpaired) electrons. The Balaban J connectivity index is 1.42. The summed E-state index contributed by atoms with van der Waals surface area (Å²) in [6.45, 7) is 5.57. The predicted octanol–water partition coefficient (Wildman–Crippen LogP) is 2.41. The summed E-state index contributed by atoms with van der Waals surface area (Å²) < 4.78 is 0. The van der Waals surface area contributed by atoms with Gasteiger partial charge < -0.3 is 4.90 Å². The fourth-order valence-corrected chi connectivity index (χ4v) is 4.57. The van der Waals surface area contributed by atoms with E-state index in [9.17, 15) is 14.4 Å². The minimum Gasteiger partial charge on any atom is -0.311 e. The molecule has 1 aliphatic heterocycles. The fourth-order valence-electron chi connectivity index (χ4n) is 3.87. The van der Waals surface area contributed by atoms with Crippen LogP contribution in [0, 0.1) is 0 Å². The van der Waals surface area contributed by atoms with Gasteiger partial charge in [0.25, 0.3) is 0 Å². The van der Waals surface area contributed by atoms with E-state index < -0.39 is 17.8 Å². The van der Waals surface area contributed by atoms with Crippen LogP contribution in [0.5, 0.6) is 0 Å². The smallest absolute Gasteiger partial charge is 0.311 e. The van der Waals surface area contributed by atoms with Crippen molar-refractivity contribution >= 4 is 29.2 Å². The molecule has 1 saturated carbocycles. The highest BCUT2D eigenvalue weighted by atomic mass is 32.1. The molecule has 6 nitrogen and oxygen atoms in total. The number of nitrogens with zero attached hydrogens (tertiary/aromatic N) is 2. The summed E-state index contributed by atoms with van der Waals surface area (Å²) in [6, 6.07) is 12.4. The molecule has 158 valence electrons. The number of hydrogen-bond acceptors (Lipinski definition) is 4. The molecule has 1 N–H and O–H groups in total. The van der Waals surface area contributed by atoms with Gasteiger partial charge in [-0.15, -0.1) is 11.3 Å². The van der Waals surface area contributed by atoms with Gasteiger partial charge in [0, 0.05) is 36.2 Å². The Morgan fingerprint density at radius 2 is 1.73 bits per heavy atom. The standard InChI is InChI=1S/C23H27N3O3S/c1-16(2)18-7-5-17(6-8-18)14-24(19-9-10-19)15-26-22(28)21(27)25(23(26)29)12-11-20-4-3-13-30-20/h3-8,13,16,19H,9-12,14-15H2,1-2H3/p+1. The second kappa shape index (κ2) is 8.70. The number of benzene rings is 1. The van der Waals surface area contributed by atoms with Crippen molar-refractivity contribution < 1.29 is 19.3 Å². The first-order valence-corrected chi connectivity index (χ1v) is 11.4. The van der Waals surface area contributed by atoms with Crippen LogP contribution in [-0.2, 0) is 22.6 Å². The lowest BCUT2D eigenvalue weighted by Crippen LogP contribution is -3.13. The van der Waals surface area contributed by atoms with Crippen LogP contribution in [0.2, 0.25) is 0 Å². The number of hydrogen-bond donors (Lipinski definition) is 1. The van der Waals surface area contributed by atoms with Crippen LogP contribution in [0.15, 0.2) is 41.8 Å². The number of carbonyl (C=O) groups excluding carboxylic acids is 3. The molecule has 2 aromatic rings. The Kier molecular flexibility index (Phi) is 6.01. The molecule has 30 heavy (non-hydrogen) atoms. The predicted molar refractivity (Wildman–Crippen MR) is 115 cm³/mol. The van der Waals surface area contributed by atoms with Crippen LogP contribution < -0.4 is 4.90 Å². The monoisotopic (exact) mass is 426 g/mol. The number of imide groups is 2. The average Bonchev–Trinajstić information content (AvgIpc) is 3.41. The van der Waals surface area contributed by atoms with Crippen LogP contribution in [0.1, 0.15) is 48.6 Å². The minimum absolute atomic E-state index is 0.246. The van der Waals surface area contributed by atoms with Crippen molar-refractivity contribution in [3.63, 3.8) is 0 Å². The third-order valence-electron chi connectivity index (χ3n) is 5.89. The Labute approximate surface area is 181 Å². The number of thiophene rings is 1. The fraction of sp³-hybridized carbons (Fsp3) is 0.435. The molecule has 2 fully saturated rings. The number of nitrogens with one attached hydrogen (secondary N) is 1. The van der Waals surface area contributed by atoms with E-state index in [4.69, 9.17) is 0 Å². The molecular weight excluding hydrogens is 398 g/mol. The van der Waals surface area contributed by atoms with Crippen LogP contribution >= 0.6 is 11.3 Å². The Morgan fingerprint density at radius 3 is 2.33 bits per heavy atom. The van der Waals surface area contributed by atoms with E-state index >= 15 is 0 Å². The number of carbonyl (C=O) groups is 3. The number of quaternary nitrogens is 1. The van der Waals surface area contributed by atoms with Crippen molar-refractivity contribution in [1.82, 2.24) is 9.80 Å². The normalized spacial score (nSPS) is 18.0. The molecular formula is C23H28N3O3S+. The van der Waals surface area contributed by atoms with Crippen molar-refractivity contribution in [2.75, 3.05) is 13.2 Å². The van der Waals surface area contributed by atoms with Gasteiger partial charge in [-0.05, 0) is 22.9 Å². The SMILES string of the molecule is CC(C)c1ccc(C[NH+](CN2C(=O)C(=O)N(CCc3cccs3)C2=O)C2CC2)cc1. The maximum Gasteiger partial charge on any atom is 0.338 e. The molecule has 1 saturated heterocycles. The molecule has 0 spiro atoms. The zero-order chi connectivity index (χ0) is 21.3. The van der Waals surface area contributed by atoms with E-state index in [1.54, 1.807) is 11.3 Å². The second-order valence-corrected chi connectivity index (χ2v) is 9.50. The van der Waals surface area contributed by atoms with E-state index in [1.807, 2.05) is 17.5 Å². The number of urea groups is 1. The molecule has 1 atom stereocenters. The lowest BCUT2D eigenvalue weighted by molar-refractivity contribution is -0.931. The molecule has 1 aromatic heterocycles. The molecule has 1 aliphatic carbocycles. The molecule has 7 heteroatoms. The largest absolute Gasteiger partial charge is 0.338 e. The molecule has 4 rings (SSSR count). The highest BCUT2D eigenvalue weighted by Gasteiger charge is 2.47. The van der Waals surface area contributed by atoms with Gasteiger partial charge >= 0.3 is 17.8 Å². The summed E-state index contributed by atoms with van der Waals surface area (Å²) in [5.41, 5.74) is 2.48. The molecule has 2 heterocycles. The second-order valence-electron chi connectivity index (χ2n) is 8.47. The zero-order valence-corrected chi connectivity index (χ0v) is 18.3. The first-order chi connectivity index (χ1) is 14.4. The average molecular weight is 427 g/mol. The lowest BCUT2D eigenvalue weighted by Gasteiger charge is -2.23. The number of amides is 4. The van der Waals surface area contributed by atoms with Crippen LogP contribution in [0.3, 0.4) is 0 Å². The van der Waals surface area contributed by atoms with Crippen LogP contribution in [0.4, 0.5) is 4.79 Å². The summed E-state index contributed by atoms with van der Waals surface area (Å²) in [4.78, 5) is 42.3. The van der Waals surface area contributed by atoms with E-state index in [2.05, 4.69) is 38.1 Å². The highest BCUT2D eigenvalue weighted by molar-refractivity contribution is 7.09. The van der Waals surface area contributed by atoms with E-state index in [0.29, 0.717) is 18.4 Å². The maximum absolute atomic E-state index is 12.8. The third-order valence-corrected chi connectivity index (χ3v) is 6.83.